The van der Waals surface area contributed by atoms with Crippen LogP contribution in [0, 0.1) is 0 Å². The van der Waals surface area contributed by atoms with Crippen LogP contribution in [0.4, 0.5) is 32.3 Å². The molecule has 0 aliphatic heterocycles. The molecule has 2 aromatic heterocycles. The van der Waals surface area contributed by atoms with Crippen molar-refractivity contribution in [2.75, 3.05) is 4.90 Å². The Morgan fingerprint density at radius 2 is 1.33 bits per heavy atom. The Labute approximate surface area is 245 Å². The molecule has 3 aromatic carbocycles. The summed E-state index contributed by atoms with van der Waals surface area (Å²) in [7, 11) is 0. The minimum absolute atomic E-state index is 0.0360. The number of hydrogen-bond donors (Lipinski definition) is 0. The van der Waals surface area contributed by atoms with Gasteiger partial charge in [-0.25, -0.2) is 15.0 Å². The molecule has 0 N–H and O–H groups in total. The van der Waals surface area contributed by atoms with Crippen LogP contribution in [0.15, 0.2) is 95.7 Å². The van der Waals surface area contributed by atoms with Gasteiger partial charge in [-0.2, -0.15) is 26.3 Å². The van der Waals surface area contributed by atoms with E-state index in [0.717, 1.165) is 16.3 Å². The third-order valence-corrected chi connectivity index (χ3v) is 6.65. The van der Waals surface area contributed by atoms with E-state index in [4.69, 9.17) is 4.74 Å². The van der Waals surface area contributed by atoms with Gasteiger partial charge < -0.3 is 9.64 Å². The predicted octanol–water partition coefficient (Wildman–Crippen LogP) is 8.61. The van der Waals surface area contributed by atoms with Crippen molar-refractivity contribution in [3.05, 3.63) is 124 Å². The first kappa shape index (κ1) is 29.3. The van der Waals surface area contributed by atoms with E-state index in [1.807, 2.05) is 54.6 Å². The maximum atomic E-state index is 13.5. The molecule has 0 spiro atoms. The van der Waals surface area contributed by atoms with E-state index in [2.05, 4.69) is 30.9 Å². The van der Waals surface area contributed by atoms with Gasteiger partial charge in [-0.05, 0) is 62.8 Å². The zero-order chi connectivity index (χ0) is 29.9. The minimum atomic E-state index is -4.97. The zero-order valence-electron chi connectivity index (χ0n) is 21.6. The van der Waals surface area contributed by atoms with Crippen LogP contribution < -0.4 is 9.64 Å². The van der Waals surface area contributed by atoms with E-state index < -0.39 is 23.5 Å². The molecule has 0 saturated heterocycles. The molecule has 0 aliphatic rings. The number of hydrogen-bond acceptors (Lipinski definition) is 5. The minimum Gasteiger partial charge on any atom is -0.472 e. The second kappa shape index (κ2) is 12.0. The maximum Gasteiger partial charge on any atom is 0.416 e. The number of ether oxygens (including phenoxy) is 1. The summed E-state index contributed by atoms with van der Waals surface area (Å²) in [6.45, 7) is -0.152. The standard InChI is InChI=1S/C30H21BrF6N4O/c31-24-14-38-28(39-15-24)41(16-20-10-22(29(32,33)34)13-23(11-20)30(35,36)37)17-25-12-21-8-4-5-9-26(21)27(40-25)42-18-19-6-2-1-3-7-19/h1-15H,16-18H2. The van der Waals surface area contributed by atoms with E-state index in [1.165, 1.54) is 17.3 Å². The molecule has 0 bridgehead atoms. The van der Waals surface area contributed by atoms with Crippen molar-refractivity contribution in [1.29, 1.82) is 0 Å². The number of alkyl halides is 6. The highest BCUT2D eigenvalue weighted by Crippen LogP contribution is 2.37. The van der Waals surface area contributed by atoms with Gasteiger partial charge in [0.25, 0.3) is 0 Å². The third kappa shape index (κ3) is 7.17. The van der Waals surface area contributed by atoms with E-state index in [1.54, 1.807) is 6.07 Å². The monoisotopic (exact) mass is 646 g/mol. The van der Waals surface area contributed by atoms with Gasteiger partial charge in [0, 0.05) is 24.3 Å². The third-order valence-electron chi connectivity index (χ3n) is 6.24. The highest BCUT2D eigenvalue weighted by molar-refractivity contribution is 9.10. The van der Waals surface area contributed by atoms with E-state index in [9.17, 15) is 26.3 Å². The summed E-state index contributed by atoms with van der Waals surface area (Å²) in [5.41, 5.74) is -1.64. The highest BCUT2D eigenvalue weighted by atomic mass is 79.9. The Balaban J connectivity index is 1.53. The average Bonchev–Trinajstić information content (AvgIpc) is 2.95. The number of halogens is 7. The Bertz CT molecular complexity index is 1650. The average molecular weight is 647 g/mol. The van der Waals surface area contributed by atoms with Crippen LogP contribution in [0.1, 0.15) is 27.9 Å². The van der Waals surface area contributed by atoms with E-state index in [0.29, 0.717) is 28.2 Å². The molecule has 12 heteroatoms. The molecule has 0 saturated carbocycles. The van der Waals surface area contributed by atoms with Crippen molar-refractivity contribution in [2.24, 2.45) is 0 Å². The summed E-state index contributed by atoms with van der Waals surface area (Å²) < 4.78 is 87.8. The predicted molar refractivity (Wildman–Crippen MR) is 149 cm³/mol. The number of rotatable bonds is 8. The maximum absolute atomic E-state index is 13.5. The lowest BCUT2D eigenvalue weighted by molar-refractivity contribution is -0.143. The molecule has 0 unspecified atom stereocenters. The first-order valence-corrected chi connectivity index (χ1v) is 13.3. The molecule has 0 amide bonds. The first-order chi connectivity index (χ1) is 20.0. The second-order valence-electron chi connectivity index (χ2n) is 9.39. The number of pyridine rings is 1. The number of fused-ring (bicyclic) bond motifs is 1. The van der Waals surface area contributed by atoms with Crippen LogP contribution in [0.25, 0.3) is 10.8 Å². The molecular formula is C30H21BrF6N4O. The second-order valence-corrected chi connectivity index (χ2v) is 10.3. The van der Waals surface area contributed by atoms with Crippen LogP contribution in [-0.4, -0.2) is 15.0 Å². The Hall–Kier alpha value is -4.19. The lowest BCUT2D eigenvalue weighted by atomic mass is 10.0. The normalized spacial score (nSPS) is 12.0. The quantitative estimate of drug-likeness (QED) is 0.158. The van der Waals surface area contributed by atoms with Crippen molar-refractivity contribution < 1.29 is 31.1 Å². The number of benzene rings is 3. The van der Waals surface area contributed by atoms with Gasteiger partial charge >= 0.3 is 12.4 Å². The van der Waals surface area contributed by atoms with Gasteiger partial charge in [-0.1, -0.05) is 48.5 Å². The highest BCUT2D eigenvalue weighted by Gasteiger charge is 2.37. The van der Waals surface area contributed by atoms with Gasteiger partial charge in [-0.3, -0.25) is 0 Å². The van der Waals surface area contributed by atoms with Crippen LogP contribution >= 0.6 is 15.9 Å². The SMILES string of the molecule is FC(F)(F)c1cc(CN(Cc2cc3ccccc3c(OCc3ccccc3)n2)c2ncc(Br)cn2)cc(C(F)(F)F)c1. The van der Waals surface area contributed by atoms with Crippen LogP contribution in [-0.2, 0) is 32.0 Å². The van der Waals surface area contributed by atoms with Crippen LogP contribution in [0.2, 0.25) is 0 Å². The first-order valence-electron chi connectivity index (χ1n) is 12.5. The molecule has 0 fully saturated rings. The van der Waals surface area contributed by atoms with Gasteiger partial charge in [0.2, 0.25) is 11.8 Å². The summed E-state index contributed by atoms with van der Waals surface area (Å²) in [4.78, 5) is 14.6. The number of anilines is 1. The van der Waals surface area contributed by atoms with Crippen molar-refractivity contribution in [2.45, 2.75) is 32.0 Å². The van der Waals surface area contributed by atoms with Crippen molar-refractivity contribution in [3.63, 3.8) is 0 Å². The lowest BCUT2D eigenvalue weighted by Crippen LogP contribution is -2.25. The smallest absolute Gasteiger partial charge is 0.416 e. The van der Waals surface area contributed by atoms with Crippen molar-refractivity contribution in [3.8, 4) is 5.88 Å². The largest absolute Gasteiger partial charge is 0.472 e. The van der Waals surface area contributed by atoms with Gasteiger partial charge in [0.1, 0.15) is 6.61 Å². The fraction of sp³-hybridized carbons (Fsp3) is 0.167. The molecule has 5 rings (SSSR count). The summed E-state index contributed by atoms with van der Waals surface area (Å²) >= 11 is 3.24. The molecule has 216 valence electrons. The molecule has 42 heavy (non-hydrogen) atoms. The van der Waals surface area contributed by atoms with Crippen LogP contribution in [0.3, 0.4) is 0 Å². The van der Waals surface area contributed by atoms with E-state index >= 15 is 0 Å². The fourth-order valence-corrected chi connectivity index (χ4v) is 4.53. The zero-order valence-corrected chi connectivity index (χ0v) is 23.2. The van der Waals surface area contributed by atoms with Gasteiger partial charge in [0.05, 0.1) is 27.8 Å². The lowest BCUT2D eigenvalue weighted by Gasteiger charge is -2.24. The summed E-state index contributed by atoms with van der Waals surface area (Å²) in [6.07, 6.45) is -7.07. The molecular weight excluding hydrogens is 626 g/mol. The molecule has 0 radical (unpaired) electrons. The Kier molecular flexibility index (Phi) is 8.35. The topological polar surface area (TPSA) is 51.1 Å². The molecule has 5 aromatic rings. The van der Waals surface area contributed by atoms with E-state index in [-0.39, 0.29) is 37.3 Å². The van der Waals surface area contributed by atoms with Crippen molar-refractivity contribution >= 4 is 32.7 Å². The van der Waals surface area contributed by atoms with Crippen LogP contribution in [0.5, 0.6) is 5.88 Å². The molecule has 2 heterocycles. The van der Waals surface area contributed by atoms with Gasteiger partial charge in [0.15, 0.2) is 0 Å². The number of nitrogens with zero attached hydrogens (tertiary/aromatic N) is 4. The molecule has 0 atom stereocenters. The summed E-state index contributed by atoms with van der Waals surface area (Å²) in [5, 5.41) is 1.54. The van der Waals surface area contributed by atoms with Gasteiger partial charge in [-0.15, -0.1) is 0 Å². The Morgan fingerprint density at radius 3 is 1.98 bits per heavy atom. The fourth-order valence-electron chi connectivity index (χ4n) is 4.33. The Morgan fingerprint density at radius 1 is 0.714 bits per heavy atom. The number of aromatic nitrogens is 3. The summed E-state index contributed by atoms with van der Waals surface area (Å²) in [5.74, 6) is 0.424. The molecule has 0 aliphatic carbocycles. The van der Waals surface area contributed by atoms with Crippen molar-refractivity contribution in [1.82, 2.24) is 15.0 Å². The molecule has 5 nitrogen and oxygen atoms in total. The summed E-state index contributed by atoms with van der Waals surface area (Å²) in [6, 6.07) is 20.1.